The molecule has 0 N–H and O–H groups in total. The van der Waals surface area contributed by atoms with Crippen molar-refractivity contribution in [3.8, 4) is 5.75 Å². The van der Waals surface area contributed by atoms with E-state index in [4.69, 9.17) is 9.47 Å². The van der Waals surface area contributed by atoms with E-state index in [9.17, 15) is 9.59 Å². The summed E-state index contributed by atoms with van der Waals surface area (Å²) in [5.74, 6) is 0.202. The van der Waals surface area contributed by atoms with E-state index >= 15 is 0 Å². The van der Waals surface area contributed by atoms with Crippen LogP contribution in [0.3, 0.4) is 0 Å². The average molecular weight is 461 g/mol. The van der Waals surface area contributed by atoms with Crippen LogP contribution in [0, 0.1) is 0 Å². The van der Waals surface area contributed by atoms with Crippen LogP contribution in [0.15, 0.2) is 81.7 Å². The molecule has 0 saturated heterocycles. The fourth-order valence-corrected chi connectivity index (χ4v) is 4.76. The van der Waals surface area contributed by atoms with Crippen LogP contribution in [0.1, 0.15) is 31.0 Å². The highest BCUT2D eigenvalue weighted by Gasteiger charge is 2.30. The summed E-state index contributed by atoms with van der Waals surface area (Å²) in [6.07, 6.45) is 5.55. The number of methoxy groups -OCH3 is 1. The molecule has 168 valence electrons. The Morgan fingerprint density at radius 1 is 1.15 bits per heavy atom. The second-order valence-electron chi connectivity index (χ2n) is 7.36. The number of aromatic nitrogens is 1. The molecule has 0 spiro atoms. The van der Waals surface area contributed by atoms with Gasteiger partial charge in [-0.1, -0.05) is 72.0 Å². The van der Waals surface area contributed by atoms with Crippen molar-refractivity contribution >= 4 is 29.5 Å². The molecular weight excluding hydrogens is 436 g/mol. The normalized spacial score (nSPS) is 16.0. The fourth-order valence-electron chi connectivity index (χ4n) is 3.71. The summed E-state index contributed by atoms with van der Waals surface area (Å²) in [5, 5.41) is 0. The lowest BCUT2D eigenvalue weighted by Crippen LogP contribution is -2.38. The Labute approximate surface area is 195 Å². The van der Waals surface area contributed by atoms with Crippen molar-refractivity contribution in [3.63, 3.8) is 0 Å². The second kappa shape index (κ2) is 9.83. The maximum Gasteiger partial charge on any atom is 0.338 e. The van der Waals surface area contributed by atoms with Gasteiger partial charge in [0.15, 0.2) is 4.80 Å². The maximum absolute atomic E-state index is 13.5. The number of carbonyl (C=O) groups excluding carboxylic acids is 1. The van der Waals surface area contributed by atoms with Gasteiger partial charge in [0.05, 0.1) is 35.6 Å². The summed E-state index contributed by atoms with van der Waals surface area (Å²) in [5.41, 5.74) is 2.44. The zero-order chi connectivity index (χ0) is 23.4. The van der Waals surface area contributed by atoms with E-state index in [1.807, 2.05) is 66.7 Å². The zero-order valence-corrected chi connectivity index (χ0v) is 19.5. The maximum atomic E-state index is 13.5. The smallest absolute Gasteiger partial charge is 0.338 e. The number of para-hydroxylation sites is 1. The van der Waals surface area contributed by atoms with E-state index in [2.05, 4.69) is 4.99 Å². The van der Waals surface area contributed by atoms with Crippen molar-refractivity contribution in [1.29, 1.82) is 0 Å². The van der Waals surface area contributed by atoms with Crippen molar-refractivity contribution < 1.29 is 14.3 Å². The van der Waals surface area contributed by atoms with E-state index in [-0.39, 0.29) is 12.2 Å². The fraction of sp³-hybridized carbons (Fsp3) is 0.192. The average Bonchev–Trinajstić information content (AvgIpc) is 3.12. The molecule has 1 aliphatic rings. The van der Waals surface area contributed by atoms with Crippen LogP contribution in [0.4, 0.5) is 0 Å². The highest BCUT2D eigenvalue weighted by atomic mass is 32.1. The summed E-state index contributed by atoms with van der Waals surface area (Å²) >= 11 is 1.28. The van der Waals surface area contributed by atoms with Gasteiger partial charge in [0.2, 0.25) is 0 Å². The lowest BCUT2D eigenvalue weighted by molar-refractivity contribution is -0.139. The minimum atomic E-state index is -0.625. The number of esters is 1. The van der Waals surface area contributed by atoms with E-state index in [0.717, 1.165) is 11.1 Å². The summed E-state index contributed by atoms with van der Waals surface area (Å²) in [6, 6.07) is 16.6. The number of allylic oxidation sites excluding steroid dienone is 2. The van der Waals surface area contributed by atoms with Crippen molar-refractivity contribution in [3.05, 3.63) is 103 Å². The molecule has 3 aromatic rings. The Bertz CT molecular complexity index is 1410. The molecule has 0 fully saturated rings. The first-order valence-corrected chi connectivity index (χ1v) is 11.4. The Morgan fingerprint density at radius 3 is 2.61 bits per heavy atom. The number of ether oxygens (including phenoxy) is 2. The molecule has 0 unspecified atom stereocenters. The van der Waals surface area contributed by atoms with Gasteiger partial charge in [-0.25, -0.2) is 9.79 Å². The Hall–Kier alpha value is -3.71. The van der Waals surface area contributed by atoms with Gasteiger partial charge in [0.1, 0.15) is 5.75 Å². The Balaban J connectivity index is 1.89. The van der Waals surface area contributed by atoms with Gasteiger partial charge < -0.3 is 9.47 Å². The molecule has 0 aliphatic carbocycles. The van der Waals surface area contributed by atoms with Gasteiger partial charge in [-0.2, -0.15) is 0 Å². The van der Waals surface area contributed by atoms with Crippen LogP contribution in [0.5, 0.6) is 5.75 Å². The standard InChI is InChI=1S/C26H24N2O4S/c1-4-32-25(30)23-17(2)27-26-28(20(23)15-14-18-10-6-5-7-11-18)24(29)22(33-26)16-19-12-8-9-13-21(19)31-3/h5-16,20H,4H2,1-3H3/b15-14+,22-16-/t20-/m1/s1. The Kier molecular flexibility index (Phi) is 6.70. The van der Waals surface area contributed by atoms with E-state index < -0.39 is 12.0 Å². The Morgan fingerprint density at radius 2 is 1.88 bits per heavy atom. The van der Waals surface area contributed by atoms with E-state index in [1.54, 1.807) is 31.6 Å². The van der Waals surface area contributed by atoms with E-state index in [1.165, 1.54) is 11.3 Å². The van der Waals surface area contributed by atoms with E-state index in [0.29, 0.717) is 26.4 Å². The largest absolute Gasteiger partial charge is 0.496 e. The van der Waals surface area contributed by atoms with Crippen LogP contribution < -0.4 is 19.6 Å². The lowest BCUT2D eigenvalue weighted by atomic mass is 10.0. The molecule has 2 heterocycles. The lowest BCUT2D eigenvalue weighted by Gasteiger charge is -2.21. The minimum absolute atomic E-state index is 0.221. The molecule has 6 nitrogen and oxygen atoms in total. The first-order chi connectivity index (χ1) is 16.0. The van der Waals surface area contributed by atoms with Crippen LogP contribution in [0.25, 0.3) is 12.2 Å². The summed E-state index contributed by atoms with van der Waals surface area (Å²) < 4.78 is 12.8. The summed E-state index contributed by atoms with van der Waals surface area (Å²) in [6.45, 7) is 3.76. The van der Waals surface area contributed by atoms with Crippen LogP contribution in [-0.4, -0.2) is 24.3 Å². The van der Waals surface area contributed by atoms with Gasteiger partial charge in [-0.15, -0.1) is 0 Å². The molecule has 33 heavy (non-hydrogen) atoms. The summed E-state index contributed by atoms with van der Waals surface area (Å²) in [7, 11) is 1.59. The second-order valence-corrected chi connectivity index (χ2v) is 8.37. The number of carbonyl (C=O) groups is 1. The molecule has 1 aromatic heterocycles. The number of thiazole rings is 1. The van der Waals surface area contributed by atoms with Crippen LogP contribution in [-0.2, 0) is 9.53 Å². The SMILES string of the molecule is CCOC(=O)C1=C(C)N=c2s/c(=C\c3ccccc3OC)c(=O)n2[C@@H]1/C=C/c1ccccc1. The minimum Gasteiger partial charge on any atom is -0.496 e. The molecule has 2 aromatic carbocycles. The molecule has 0 amide bonds. The number of nitrogens with zero attached hydrogens (tertiary/aromatic N) is 2. The van der Waals surface area contributed by atoms with Crippen molar-refractivity contribution in [2.24, 2.45) is 4.99 Å². The van der Waals surface area contributed by atoms with Crippen LogP contribution in [0.2, 0.25) is 0 Å². The zero-order valence-electron chi connectivity index (χ0n) is 18.6. The molecule has 0 radical (unpaired) electrons. The topological polar surface area (TPSA) is 69.9 Å². The first kappa shape index (κ1) is 22.5. The van der Waals surface area contributed by atoms with Gasteiger partial charge >= 0.3 is 5.97 Å². The quantitative estimate of drug-likeness (QED) is 0.528. The van der Waals surface area contributed by atoms with Crippen LogP contribution >= 0.6 is 11.3 Å². The highest BCUT2D eigenvalue weighted by molar-refractivity contribution is 7.07. The predicted molar refractivity (Wildman–Crippen MR) is 130 cm³/mol. The van der Waals surface area contributed by atoms with Crippen molar-refractivity contribution in [2.45, 2.75) is 19.9 Å². The summed E-state index contributed by atoms with van der Waals surface area (Å²) in [4.78, 5) is 31.4. The molecule has 4 rings (SSSR count). The third kappa shape index (κ3) is 4.59. The number of fused-ring (bicyclic) bond motifs is 1. The molecular formula is C26H24N2O4S. The molecule has 0 bridgehead atoms. The van der Waals surface area contributed by atoms with Gasteiger partial charge in [-0.3, -0.25) is 9.36 Å². The highest BCUT2D eigenvalue weighted by Crippen LogP contribution is 2.26. The van der Waals surface area contributed by atoms with Crippen molar-refractivity contribution in [1.82, 2.24) is 4.57 Å². The van der Waals surface area contributed by atoms with Crippen molar-refractivity contribution in [2.75, 3.05) is 13.7 Å². The third-order valence-corrected chi connectivity index (χ3v) is 6.24. The number of benzene rings is 2. The number of hydrogen-bond donors (Lipinski definition) is 0. The molecule has 7 heteroatoms. The molecule has 1 aliphatic heterocycles. The first-order valence-electron chi connectivity index (χ1n) is 10.6. The third-order valence-electron chi connectivity index (χ3n) is 5.26. The number of hydrogen-bond acceptors (Lipinski definition) is 6. The predicted octanol–water partition coefficient (Wildman–Crippen LogP) is 3.47. The van der Waals surface area contributed by atoms with Gasteiger partial charge in [0.25, 0.3) is 5.56 Å². The monoisotopic (exact) mass is 460 g/mol. The van der Waals surface area contributed by atoms with Gasteiger partial charge in [-0.05, 0) is 31.6 Å². The molecule has 0 saturated carbocycles. The number of rotatable bonds is 6. The van der Waals surface area contributed by atoms with Gasteiger partial charge in [0, 0.05) is 5.56 Å². The molecule has 1 atom stereocenters.